The maximum atomic E-state index is 12.8. The molecule has 0 radical (unpaired) electrons. The van der Waals surface area contributed by atoms with Crippen molar-refractivity contribution in [1.82, 2.24) is 9.55 Å². The third kappa shape index (κ3) is 4.31. The van der Waals surface area contributed by atoms with Crippen LogP contribution in [0.15, 0.2) is 58.5 Å². The van der Waals surface area contributed by atoms with Crippen molar-refractivity contribution in [2.75, 3.05) is 18.2 Å². The number of anilines is 1. The summed E-state index contributed by atoms with van der Waals surface area (Å²) in [5.41, 5.74) is 1.20. The number of ether oxygens (including phenoxy) is 1. The molecule has 0 unspecified atom stereocenters. The van der Waals surface area contributed by atoms with Crippen LogP contribution >= 0.6 is 11.8 Å². The van der Waals surface area contributed by atoms with Crippen LogP contribution in [0, 0.1) is 0 Å². The zero-order valence-electron chi connectivity index (χ0n) is 15.4. The van der Waals surface area contributed by atoms with Crippen molar-refractivity contribution in [2.45, 2.75) is 25.0 Å². The minimum absolute atomic E-state index is 0.0569. The van der Waals surface area contributed by atoms with Gasteiger partial charge < -0.3 is 10.1 Å². The van der Waals surface area contributed by atoms with Gasteiger partial charge in [0.05, 0.1) is 23.8 Å². The van der Waals surface area contributed by atoms with E-state index in [0.717, 1.165) is 0 Å². The zero-order chi connectivity index (χ0) is 19.4. The van der Waals surface area contributed by atoms with Gasteiger partial charge in [0.25, 0.3) is 5.56 Å². The molecule has 1 amide bonds. The molecule has 0 aliphatic heterocycles. The molecule has 140 valence electrons. The van der Waals surface area contributed by atoms with E-state index in [9.17, 15) is 9.59 Å². The molecule has 1 aromatic heterocycles. The summed E-state index contributed by atoms with van der Waals surface area (Å²) in [5, 5.41) is 3.95. The number of para-hydroxylation sites is 1. The van der Waals surface area contributed by atoms with E-state index in [1.165, 1.54) is 11.8 Å². The van der Waals surface area contributed by atoms with Gasteiger partial charge in [0.2, 0.25) is 5.91 Å². The Morgan fingerprint density at radius 2 is 2.00 bits per heavy atom. The number of rotatable bonds is 6. The lowest BCUT2D eigenvalue weighted by Crippen LogP contribution is -2.25. The first-order valence-corrected chi connectivity index (χ1v) is 9.56. The summed E-state index contributed by atoms with van der Waals surface area (Å²) in [7, 11) is 1.58. The molecule has 27 heavy (non-hydrogen) atoms. The Kier molecular flexibility index (Phi) is 5.81. The van der Waals surface area contributed by atoms with Crippen LogP contribution in [0.1, 0.15) is 19.9 Å². The first kappa shape index (κ1) is 19.0. The number of amides is 1. The normalized spacial score (nSPS) is 11.0. The summed E-state index contributed by atoms with van der Waals surface area (Å²) < 4.78 is 6.79. The van der Waals surface area contributed by atoms with Crippen LogP contribution in [0.4, 0.5) is 5.69 Å². The van der Waals surface area contributed by atoms with E-state index in [4.69, 9.17) is 4.74 Å². The lowest BCUT2D eigenvalue weighted by Gasteiger charge is -2.16. The Bertz CT molecular complexity index is 1030. The molecule has 1 N–H and O–H groups in total. The topological polar surface area (TPSA) is 73.2 Å². The number of fused-ring (bicyclic) bond motifs is 1. The molecule has 0 saturated heterocycles. The highest BCUT2D eigenvalue weighted by molar-refractivity contribution is 7.99. The van der Waals surface area contributed by atoms with E-state index in [1.54, 1.807) is 29.9 Å². The van der Waals surface area contributed by atoms with Gasteiger partial charge in [-0.15, -0.1) is 0 Å². The van der Waals surface area contributed by atoms with E-state index >= 15 is 0 Å². The van der Waals surface area contributed by atoms with Crippen LogP contribution in [-0.4, -0.2) is 28.3 Å². The smallest absolute Gasteiger partial charge is 0.262 e. The van der Waals surface area contributed by atoms with Crippen molar-refractivity contribution >= 4 is 34.3 Å². The highest BCUT2D eigenvalue weighted by Crippen LogP contribution is 2.22. The fourth-order valence-electron chi connectivity index (χ4n) is 2.71. The van der Waals surface area contributed by atoms with Crippen LogP contribution < -0.4 is 15.6 Å². The number of nitrogens with zero attached hydrogens (tertiary/aromatic N) is 2. The van der Waals surface area contributed by atoms with Crippen molar-refractivity contribution in [3.63, 3.8) is 0 Å². The molecule has 0 aliphatic rings. The van der Waals surface area contributed by atoms with Crippen molar-refractivity contribution < 1.29 is 9.53 Å². The third-order valence-corrected chi connectivity index (χ3v) is 4.93. The average molecular weight is 383 g/mol. The molecule has 0 spiro atoms. The van der Waals surface area contributed by atoms with Crippen molar-refractivity contribution in [3.05, 3.63) is 58.9 Å². The molecule has 2 aromatic carbocycles. The van der Waals surface area contributed by atoms with Crippen molar-refractivity contribution in [2.24, 2.45) is 0 Å². The van der Waals surface area contributed by atoms with Gasteiger partial charge in [-0.3, -0.25) is 14.2 Å². The van der Waals surface area contributed by atoms with Crippen LogP contribution in [0.5, 0.6) is 5.75 Å². The van der Waals surface area contributed by atoms with Gasteiger partial charge in [-0.05, 0) is 38.1 Å². The monoisotopic (exact) mass is 383 g/mol. The third-order valence-electron chi connectivity index (χ3n) is 3.98. The van der Waals surface area contributed by atoms with Crippen LogP contribution in [0.25, 0.3) is 10.9 Å². The number of carbonyl (C=O) groups is 1. The molecular formula is C20H21N3O3S. The first-order chi connectivity index (χ1) is 13.0. The average Bonchev–Trinajstić information content (AvgIpc) is 2.66. The minimum Gasteiger partial charge on any atom is -0.497 e. The Morgan fingerprint density at radius 3 is 2.74 bits per heavy atom. The lowest BCUT2D eigenvalue weighted by atomic mass is 10.2. The van der Waals surface area contributed by atoms with Crippen molar-refractivity contribution in [3.8, 4) is 5.75 Å². The summed E-state index contributed by atoms with van der Waals surface area (Å²) in [6, 6.07) is 14.4. The highest BCUT2D eigenvalue weighted by Gasteiger charge is 2.15. The maximum Gasteiger partial charge on any atom is 0.262 e. The van der Waals surface area contributed by atoms with Gasteiger partial charge in [-0.25, -0.2) is 4.98 Å². The molecule has 3 aromatic rings. The van der Waals surface area contributed by atoms with Gasteiger partial charge in [0.1, 0.15) is 5.75 Å². The number of thioether (sulfide) groups is 1. The second kappa shape index (κ2) is 8.26. The number of nitrogens with one attached hydrogen (secondary N) is 1. The molecule has 6 nitrogen and oxygen atoms in total. The molecule has 0 fully saturated rings. The summed E-state index contributed by atoms with van der Waals surface area (Å²) in [5.74, 6) is 0.644. The van der Waals surface area contributed by atoms with E-state index in [-0.39, 0.29) is 23.3 Å². The highest BCUT2D eigenvalue weighted by atomic mass is 32.2. The number of aromatic nitrogens is 2. The van der Waals surface area contributed by atoms with Gasteiger partial charge in [0.15, 0.2) is 5.16 Å². The van der Waals surface area contributed by atoms with E-state index in [1.807, 2.05) is 44.2 Å². The van der Waals surface area contributed by atoms with Crippen LogP contribution in [0.2, 0.25) is 0 Å². The van der Waals surface area contributed by atoms with E-state index < -0.39 is 0 Å². The van der Waals surface area contributed by atoms with Gasteiger partial charge in [0, 0.05) is 17.8 Å². The van der Waals surface area contributed by atoms with E-state index in [0.29, 0.717) is 27.5 Å². The Labute approximate surface area is 161 Å². The molecule has 3 rings (SSSR count). The summed E-state index contributed by atoms with van der Waals surface area (Å²) in [4.78, 5) is 29.7. The van der Waals surface area contributed by atoms with Gasteiger partial charge >= 0.3 is 0 Å². The quantitative estimate of drug-likeness (QED) is 0.519. The molecule has 7 heteroatoms. The van der Waals surface area contributed by atoms with E-state index in [2.05, 4.69) is 10.3 Å². The molecule has 0 bridgehead atoms. The zero-order valence-corrected chi connectivity index (χ0v) is 16.2. The molecule has 0 saturated carbocycles. The molecule has 1 heterocycles. The van der Waals surface area contributed by atoms with Gasteiger partial charge in [-0.2, -0.15) is 0 Å². The number of benzene rings is 2. The second-order valence-electron chi connectivity index (χ2n) is 6.25. The predicted octanol–water partition coefficient (Wildman–Crippen LogP) is 3.72. The summed E-state index contributed by atoms with van der Waals surface area (Å²) >= 11 is 1.25. The van der Waals surface area contributed by atoms with Crippen LogP contribution in [0.3, 0.4) is 0 Å². The fraction of sp³-hybridized carbons (Fsp3) is 0.250. The fourth-order valence-corrected chi connectivity index (χ4v) is 3.64. The molecule has 0 atom stereocenters. The number of hydrogen-bond donors (Lipinski definition) is 1. The minimum atomic E-state index is -0.175. The lowest BCUT2D eigenvalue weighted by molar-refractivity contribution is -0.113. The Hall–Kier alpha value is -2.80. The second-order valence-corrected chi connectivity index (χ2v) is 7.19. The molecule has 0 aliphatic carbocycles. The SMILES string of the molecule is COc1cccc(NC(=O)CSc2nc3ccccc3c(=O)n2C(C)C)c1. The number of carbonyl (C=O) groups excluding carboxylic acids is 1. The van der Waals surface area contributed by atoms with Crippen LogP contribution in [-0.2, 0) is 4.79 Å². The summed E-state index contributed by atoms with van der Waals surface area (Å²) in [6.07, 6.45) is 0. The molecular weight excluding hydrogens is 362 g/mol. The predicted molar refractivity (Wildman–Crippen MR) is 109 cm³/mol. The van der Waals surface area contributed by atoms with Crippen molar-refractivity contribution in [1.29, 1.82) is 0 Å². The van der Waals surface area contributed by atoms with Gasteiger partial charge in [-0.1, -0.05) is 30.0 Å². The number of hydrogen-bond acceptors (Lipinski definition) is 5. The Balaban J connectivity index is 1.80. The Morgan fingerprint density at radius 1 is 1.22 bits per heavy atom. The maximum absolute atomic E-state index is 12.8. The summed E-state index contributed by atoms with van der Waals surface area (Å²) in [6.45, 7) is 3.86. The standard InChI is InChI=1S/C20H21N3O3S/c1-13(2)23-19(25)16-9-4-5-10-17(16)22-20(23)27-12-18(24)21-14-7-6-8-15(11-14)26-3/h4-11,13H,12H2,1-3H3,(H,21,24). The largest absolute Gasteiger partial charge is 0.497 e. The number of methoxy groups -OCH3 is 1. The first-order valence-electron chi connectivity index (χ1n) is 8.57.